The molecule has 8 heteroatoms. The van der Waals surface area contributed by atoms with E-state index in [0.29, 0.717) is 0 Å². The van der Waals surface area contributed by atoms with Crippen LogP contribution in [0.3, 0.4) is 0 Å². The quantitative estimate of drug-likeness (QED) is 0.567. The highest BCUT2D eigenvalue weighted by molar-refractivity contribution is 7.19. The third kappa shape index (κ3) is 1.68. The van der Waals surface area contributed by atoms with E-state index in [1.807, 2.05) is 30.5 Å². The van der Waals surface area contributed by atoms with E-state index in [9.17, 15) is 0 Å². The molecule has 0 aromatic carbocycles. The summed E-state index contributed by atoms with van der Waals surface area (Å²) in [7, 11) is 0. The maximum absolute atomic E-state index is 5.07. The maximum atomic E-state index is 5.07. The Morgan fingerprint density at radius 3 is 3.00 bits per heavy atom. The predicted octanol–water partition coefficient (Wildman–Crippen LogP) is 2.88. The molecule has 4 aromatic rings. The van der Waals surface area contributed by atoms with Gasteiger partial charge in [0, 0.05) is 6.07 Å². The number of thiophene rings is 1. The van der Waals surface area contributed by atoms with Crippen LogP contribution in [0.4, 0.5) is 0 Å². The number of hydrogen-bond donors (Lipinski definition) is 0. The van der Waals surface area contributed by atoms with Crippen molar-refractivity contribution in [1.82, 2.24) is 25.0 Å². The SMILES string of the molecule is Cc1cc(-c2nn3c(-c4cccs4)nnc3s2)no1. The van der Waals surface area contributed by atoms with Crippen molar-refractivity contribution < 1.29 is 4.52 Å². The van der Waals surface area contributed by atoms with Crippen molar-refractivity contribution in [1.29, 1.82) is 0 Å². The van der Waals surface area contributed by atoms with Crippen LogP contribution in [0.5, 0.6) is 0 Å². The molecule has 0 aliphatic heterocycles. The molecule has 94 valence electrons. The van der Waals surface area contributed by atoms with Gasteiger partial charge in [-0.3, -0.25) is 0 Å². The third-order valence-corrected chi connectivity index (χ3v) is 4.37. The normalized spacial score (nSPS) is 11.4. The van der Waals surface area contributed by atoms with Crippen LogP contribution in [0, 0.1) is 6.92 Å². The molecule has 4 rings (SSSR count). The summed E-state index contributed by atoms with van der Waals surface area (Å²) in [5.41, 5.74) is 0.727. The van der Waals surface area contributed by atoms with Gasteiger partial charge in [0.15, 0.2) is 10.8 Å². The Labute approximate surface area is 115 Å². The van der Waals surface area contributed by atoms with Gasteiger partial charge < -0.3 is 4.52 Å². The fourth-order valence-electron chi connectivity index (χ4n) is 1.75. The first-order chi connectivity index (χ1) is 9.31. The van der Waals surface area contributed by atoms with Crippen molar-refractivity contribution in [3.05, 3.63) is 29.3 Å². The van der Waals surface area contributed by atoms with Gasteiger partial charge in [0.2, 0.25) is 4.96 Å². The second kappa shape index (κ2) is 3.97. The molecule has 0 N–H and O–H groups in total. The van der Waals surface area contributed by atoms with Gasteiger partial charge in [0.1, 0.15) is 11.5 Å². The number of rotatable bonds is 2. The van der Waals surface area contributed by atoms with E-state index in [0.717, 1.165) is 32.1 Å². The third-order valence-electron chi connectivity index (χ3n) is 2.58. The lowest BCUT2D eigenvalue weighted by Crippen LogP contribution is -1.88. The Bertz CT molecular complexity index is 842. The molecular weight excluding hydrogens is 282 g/mol. The summed E-state index contributed by atoms with van der Waals surface area (Å²) in [6.07, 6.45) is 0. The molecule has 4 aromatic heterocycles. The van der Waals surface area contributed by atoms with Crippen molar-refractivity contribution in [3.8, 4) is 21.4 Å². The van der Waals surface area contributed by atoms with Crippen LogP contribution in [0.25, 0.3) is 26.4 Å². The van der Waals surface area contributed by atoms with Gasteiger partial charge in [0.25, 0.3) is 0 Å². The lowest BCUT2D eigenvalue weighted by atomic mass is 10.4. The molecule has 0 aliphatic carbocycles. The first-order valence-electron chi connectivity index (χ1n) is 5.51. The van der Waals surface area contributed by atoms with E-state index >= 15 is 0 Å². The minimum atomic E-state index is 0.727. The van der Waals surface area contributed by atoms with Crippen LogP contribution in [-0.4, -0.2) is 25.0 Å². The molecule has 0 amide bonds. The maximum Gasteiger partial charge on any atom is 0.235 e. The zero-order valence-electron chi connectivity index (χ0n) is 9.77. The fourth-order valence-corrected chi connectivity index (χ4v) is 3.23. The van der Waals surface area contributed by atoms with Gasteiger partial charge >= 0.3 is 0 Å². The van der Waals surface area contributed by atoms with Gasteiger partial charge in [-0.05, 0) is 18.4 Å². The Morgan fingerprint density at radius 1 is 1.32 bits per heavy atom. The summed E-state index contributed by atoms with van der Waals surface area (Å²) in [6, 6.07) is 5.84. The molecule has 0 fully saturated rings. The van der Waals surface area contributed by atoms with E-state index in [4.69, 9.17) is 4.52 Å². The lowest BCUT2D eigenvalue weighted by Gasteiger charge is -1.89. The molecule has 4 heterocycles. The van der Waals surface area contributed by atoms with Crippen molar-refractivity contribution in [2.45, 2.75) is 6.92 Å². The van der Waals surface area contributed by atoms with Gasteiger partial charge in [-0.25, -0.2) is 0 Å². The molecule has 0 aliphatic rings. The molecule has 0 saturated carbocycles. The van der Waals surface area contributed by atoms with E-state index in [1.54, 1.807) is 15.9 Å². The topological polar surface area (TPSA) is 69.1 Å². The zero-order valence-corrected chi connectivity index (χ0v) is 11.4. The van der Waals surface area contributed by atoms with Crippen LogP contribution in [0.1, 0.15) is 5.76 Å². The average molecular weight is 289 g/mol. The van der Waals surface area contributed by atoms with E-state index < -0.39 is 0 Å². The van der Waals surface area contributed by atoms with Crippen molar-refractivity contribution in [3.63, 3.8) is 0 Å². The van der Waals surface area contributed by atoms with Gasteiger partial charge in [-0.1, -0.05) is 22.6 Å². The lowest BCUT2D eigenvalue weighted by molar-refractivity contribution is 0.399. The largest absolute Gasteiger partial charge is 0.361 e. The molecule has 19 heavy (non-hydrogen) atoms. The summed E-state index contributed by atoms with van der Waals surface area (Å²) >= 11 is 3.05. The fraction of sp³-hybridized carbons (Fsp3) is 0.0909. The van der Waals surface area contributed by atoms with Crippen LogP contribution < -0.4 is 0 Å². The van der Waals surface area contributed by atoms with Crippen molar-refractivity contribution in [2.24, 2.45) is 0 Å². The molecule has 0 unspecified atom stereocenters. The zero-order chi connectivity index (χ0) is 12.8. The van der Waals surface area contributed by atoms with Gasteiger partial charge in [-0.2, -0.15) is 9.61 Å². The summed E-state index contributed by atoms with van der Waals surface area (Å²) in [5.74, 6) is 1.52. The molecule has 0 atom stereocenters. The molecule has 0 radical (unpaired) electrons. The minimum Gasteiger partial charge on any atom is -0.361 e. The molecule has 6 nitrogen and oxygen atoms in total. The molecule has 0 saturated heterocycles. The highest BCUT2D eigenvalue weighted by atomic mass is 32.1. The van der Waals surface area contributed by atoms with Crippen LogP contribution >= 0.6 is 22.7 Å². The van der Waals surface area contributed by atoms with E-state index in [1.165, 1.54) is 11.3 Å². The number of nitrogens with zero attached hydrogens (tertiary/aromatic N) is 5. The summed E-state index contributed by atoms with van der Waals surface area (Å²) in [4.78, 5) is 1.79. The van der Waals surface area contributed by atoms with Crippen LogP contribution in [-0.2, 0) is 0 Å². The Kier molecular flexibility index (Phi) is 2.26. The van der Waals surface area contributed by atoms with Crippen molar-refractivity contribution in [2.75, 3.05) is 0 Å². The first kappa shape index (κ1) is 10.8. The Balaban J connectivity index is 1.89. The second-order valence-corrected chi connectivity index (χ2v) is 5.83. The average Bonchev–Trinajstić information content (AvgIpc) is 3.11. The van der Waals surface area contributed by atoms with Crippen LogP contribution in [0.2, 0.25) is 0 Å². The molecular formula is C11H7N5OS2. The highest BCUT2D eigenvalue weighted by Crippen LogP contribution is 2.29. The first-order valence-corrected chi connectivity index (χ1v) is 7.21. The minimum absolute atomic E-state index is 0.727. The predicted molar refractivity (Wildman–Crippen MR) is 72.2 cm³/mol. The highest BCUT2D eigenvalue weighted by Gasteiger charge is 2.16. The van der Waals surface area contributed by atoms with Gasteiger partial charge in [0.05, 0.1) is 4.88 Å². The second-order valence-electron chi connectivity index (χ2n) is 3.93. The number of hydrogen-bond acceptors (Lipinski definition) is 7. The Morgan fingerprint density at radius 2 is 2.26 bits per heavy atom. The Hall–Kier alpha value is -2.06. The number of aryl methyl sites for hydroxylation is 1. The smallest absolute Gasteiger partial charge is 0.235 e. The van der Waals surface area contributed by atoms with Crippen LogP contribution in [0.15, 0.2) is 28.1 Å². The summed E-state index contributed by atoms with van der Waals surface area (Å²) in [5, 5.41) is 19.6. The number of fused-ring (bicyclic) bond motifs is 1. The summed E-state index contributed by atoms with van der Waals surface area (Å²) < 4.78 is 6.81. The van der Waals surface area contributed by atoms with Gasteiger partial charge in [-0.15, -0.1) is 21.5 Å². The van der Waals surface area contributed by atoms with E-state index in [-0.39, 0.29) is 0 Å². The van der Waals surface area contributed by atoms with Crippen molar-refractivity contribution >= 4 is 27.6 Å². The molecule has 0 bridgehead atoms. The summed E-state index contributed by atoms with van der Waals surface area (Å²) in [6.45, 7) is 1.86. The monoisotopic (exact) mass is 289 g/mol. The standard InChI is InChI=1S/C11H7N5OS2/c1-6-5-7(15-17-6)10-14-16-9(8-3-2-4-18-8)12-13-11(16)19-10/h2-5H,1H3. The number of aromatic nitrogens is 5. The van der Waals surface area contributed by atoms with E-state index in [2.05, 4.69) is 20.5 Å². The molecule has 0 spiro atoms.